The lowest BCUT2D eigenvalue weighted by Gasteiger charge is -2.14. The molecular formula is C16H11IN2O2S2. The molecule has 0 saturated carbocycles. The van der Waals surface area contributed by atoms with E-state index in [1.807, 2.05) is 31.2 Å². The van der Waals surface area contributed by atoms with E-state index in [2.05, 4.69) is 27.9 Å². The average Bonchev–Trinajstić information content (AvgIpc) is 3.23. The first kappa shape index (κ1) is 15.1. The fourth-order valence-corrected chi connectivity index (χ4v) is 5.42. The maximum Gasteiger partial charge on any atom is 0.261 e. The molecule has 0 atom stereocenters. The lowest BCUT2D eigenvalue weighted by atomic mass is 10.1. The number of nitrogens with zero attached hydrogens (tertiary/aromatic N) is 1. The van der Waals surface area contributed by atoms with Gasteiger partial charge in [0.15, 0.2) is 0 Å². The summed E-state index contributed by atoms with van der Waals surface area (Å²) in [7, 11) is 1.73. The zero-order valence-electron chi connectivity index (χ0n) is 12.3. The van der Waals surface area contributed by atoms with Gasteiger partial charge in [0.25, 0.3) is 11.8 Å². The van der Waals surface area contributed by atoms with E-state index < -0.39 is 0 Å². The van der Waals surface area contributed by atoms with Gasteiger partial charge in [-0.05, 0) is 53.8 Å². The van der Waals surface area contributed by atoms with Crippen molar-refractivity contribution in [2.24, 2.45) is 0 Å². The first-order valence-corrected chi connectivity index (χ1v) is 9.59. The number of nitrogens with one attached hydrogen (secondary N) is 1. The number of thiophene rings is 2. The zero-order valence-corrected chi connectivity index (χ0v) is 16.1. The largest absolute Gasteiger partial charge is 0.320 e. The molecular weight excluding hydrogens is 443 g/mol. The molecule has 2 aromatic rings. The van der Waals surface area contributed by atoms with Gasteiger partial charge in [0.2, 0.25) is 0 Å². The van der Waals surface area contributed by atoms with E-state index in [4.69, 9.17) is 0 Å². The number of halogens is 1. The van der Waals surface area contributed by atoms with Crippen LogP contribution >= 0.6 is 45.3 Å². The van der Waals surface area contributed by atoms with Crippen LogP contribution in [0.5, 0.6) is 0 Å². The highest BCUT2D eigenvalue weighted by atomic mass is 127. The van der Waals surface area contributed by atoms with Crippen molar-refractivity contribution in [1.29, 1.82) is 0 Å². The fraction of sp³-hybridized carbons (Fsp3) is 0.125. The smallest absolute Gasteiger partial charge is 0.261 e. The topological polar surface area (TPSA) is 49.4 Å². The predicted octanol–water partition coefficient (Wildman–Crippen LogP) is 3.45. The van der Waals surface area contributed by atoms with Crippen LogP contribution in [0.1, 0.15) is 14.6 Å². The second-order valence-electron chi connectivity index (χ2n) is 5.31. The molecule has 2 aliphatic heterocycles. The van der Waals surface area contributed by atoms with Crippen molar-refractivity contribution in [3.63, 3.8) is 0 Å². The van der Waals surface area contributed by atoms with E-state index in [-0.39, 0.29) is 11.8 Å². The number of aryl methyl sites for hydroxylation is 1. The Kier molecular flexibility index (Phi) is 3.47. The maximum atomic E-state index is 12.8. The number of rotatable bonds is 2. The molecule has 4 heterocycles. The van der Waals surface area contributed by atoms with Gasteiger partial charge in [0.1, 0.15) is 0 Å². The Hall–Kier alpha value is -1.45. The van der Waals surface area contributed by atoms with Crippen LogP contribution in [0.15, 0.2) is 35.4 Å². The molecule has 0 spiro atoms. The molecule has 4 rings (SSSR count). The molecule has 0 fully saturated rings. The zero-order chi connectivity index (χ0) is 16.3. The molecule has 2 aliphatic rings. The molecule has 0 aromatic carbocycles. The summed E-state index contributed by atoms with van der Waals surface area (Å²) in [6, 6.07) is 7.89. The van der Waals surface area contributed by atoms with E-state index in [0.717, 1.165) is 17.5 Å². The van der Waals surface area contributed by atoms with Crippen molar-refractivity contribution in [2.75, 3.05) is 7.05 Å². The molecule has 0 radical (unpaired) electrons. The van der Waals surface area contributed by atoms with Gasteiger partial charge in [0, 0.05) is 11.9 Å². The van der Waals surface area contributed by atoms with Crippen LogP contribution < -0.4 is 5.32 Å². The summed E-state index contributed by atoms with van der Waals surface area (Å²) in [6.07, 6.45) is 0. The van der Waals surface area contributed by atoms with Crippen molar-refractivity contribution in [1.82, 2.24) is 10.2 Å². The standard InChI is InChI=1S/C16H11IN2O2S2/c1-7-3-4-9(22-7)14-12-11(16(21)19(14)2)13(18-15(12)20)8-5-6-10(17)23-8/h3-6H,1-2H3,(H,18,20). The van der Waals surface area contributed by atoms with Crippen LogP contribution in [0.4, 0.5) is 0 Å². The Morgan fingerprint density at radius 1 is 1.04 bits per heavy atom. The number of carbonyl (C=O) groups is 2. The third-order valence-electron chi connectivity index (χ3n) is 3.85. The highest BCUT2D eigenvalue weighted by molar-refractivity contribution is 14.1. The Balaban J connectivity index is 1.96. The Labute approximate surface area is 154 Å². The van der Waals surface area contributed by atoms with Gasteiger partial charge in [-0.15, -0.1) is 22.7 Å². The second-order valence-corrected chi connectivity index (χ2v) is 9.57. The summed E-state index contributed by atoms with van der Waals surface area (Å²) in [4.78, 5) is 29.9. The van der Waals surface area contributed by atoms with E-state index in [0.29, 0.717) is 22.5 Å². The van der Waals surface area contributed by atoms with Crippen molar-refractivity contribution < 1.29 is 9.59 Å². The fourth-order valence-electron chi connectivity index (χ4n) is 2.84. The van der Waals surface area contributed by atoms with Crippen LogP contribution in [-0.2, 0) is 9.59 Å². The average molecular weight is 454 g/mol. The second kappa shape index (κ2) is 5.29. The molecule has 7 heteroatoms. The van der Waals surface area contributed by atoms with E-state index in [1.54, 1.807) is 34.6 Å². The van der Waals surface area contributed by atoms with Crippen LogP contribution in [0, 0.1) is 9.81 Å². The number of carbonyl (C=O) groups excluding carboxylic acids is 2. The summed E-state index contributed by atoms with van der Waals surface area (Å²) >= 11 is 5.39. The van der Waals surface area contributed by atoms with Gasteiger partial charge in [-0.25, -0.2) is 0 Å². The Bertz CT molecular complexity index is 936. The highest BCUT2D eigenvalue weighted by Crippen LogP contribution is 2.44. The third kappa shape index (κ3) is 2.21. The number of amides is 2. The summed E-state index contributed by atoms with van der Waals surface area (Å²) in [6.45, 7) is 2.01. The van der Waals surface area contributed by atoms with E-state index in [9.17, 15) is 9.59 Å². The Morgan fingerprint density at radius 3 is 2.39 bits per heavy atom. The molecule has 116 valence electrons. The van der Waals surface area contributed by atoms with Crippen molar-refractivity contribution in [2.45, 2.75) is 6.92 Å². The van der Waals surface area contributed by atoms with Crippen molar-refractivity contribution in [3.05, 3.63) is 52.9 Å². The van der Waals surface area contributed by atoms with Gasteiger partial charge in [-0.3, -0.25) is 9.59 Å². The summed E-state index contributed by atoms with van der Waals surface area (Å²) in [5.41, 5.74) is 2.34. The minimum Gasteiger partial charge on any atom is -0.320 e. The molecule has 23 heavy (non-hydrogen) atoms. The van der Waals surface area contributed by atoms with E-state index in [1.165, 1.54) is 0 Å². The monoisotopic (exact) mass is 454 g/mol. The van der Waals surface area contributed by atoms with Gasteiger partial charge < -0.3 is 10.2 Å². The van der Waals surface area contributed by atoms with Crippen LogP contribution in [0.2, 0.25) is 0 Å². The van der Waals surface area contributed by atoms with Gasteiger partial charge >= 0.3 is 0 Å². The number of fused-ring (bicyclic) bond motifs is 1. The SMILES string of the molecule is Cc1ccc(C2=C3C(=O)NC(c4ccc(I)s4)=C3C(=O)N2C)s1. The number of hydrogen-bond acceptors (Lipinski definition) is 4. The number of likely N-dealkylation sites (N-methyl/N-ethyl adjacent to an activating group) is 1. The van der Waals surface area contributed by atoms with Crippen LogP contribution in [0.25, 0.3) is 11.4 Å². The lowest BCUT2D eigenvalue weighted by molar-refractivity contribution is -0.122. The van der Waals surface area contributed by atoms with Crippen molar-refractivity contribution >= 4 is 68.5 Å². The molecule has 2 aromatic heterocycles. The maximum absolute atomic E-state index is 12.8. The van der Waals surface area contributed by atoms with Crippen LogP contribution in [-0.4, -0.2) is 23.8 Å². The first-order valence-electron chi connectivity index (χ1n) is 6.88. The third-order valence-corrected chi connectivity index (χ3v) is 6.77. The number of hydrogen-bond donors (Lipinski definition) is 1. The summed E-state index contributed by atoms with van der Waals surface area (Å²) in [5, 5.41) is 2.89. The minimum absolute atomic E-state index is 0.127. The highest BCUT2D eigenvalue weighted by Gasteiger charge is 2.44. The quantitative estimate of drug-likeness (QED) is 0.707. The molecule has 0 bridgehead atoms. The minimum atomic E-state index is -0.197. The van der Waals surface area contributed by atoms with E-state index >= 15 is 0 Å². The summed E-state index contributed by atoms with van der Waals surface area (Å²) < 4.78 is 1.12. The molecule has 0 saturated heterocycles. The first-order chi connectivity index (χ1) is 11.0. The molecule has 4 nitrogen and oxygen atoms in total. The van der Waals surface area contributed by atoms with Gasteiger partial charge in [-0.2, -0.15) is 0 Å². The molecule has 1 N–H and O–H groups in total. The molecule has 0 aliphatic carbocycles. The lowest BCUT2D eigenvalue weighted by Crippen LogP contribution is -2.23. The molecule has 0 unspecified atom stereocenters. The normalized spacial score (nSPS) is 17.4. The Morgan fingerprint density at radius 2 is 1.78 bits per heavy atom. The van der Waals surface area contributed by atoms with Gasteiger partial charge in [0.05, 0.1) is 35.2 Å². The predicted molar refractivity (Wildman–Crippen MR) is 101 cm³/mol. The van der Waals surface area contributed by atoms with Gasteiger partial charge in [-0.1, -0.05) is 0 Å². The van der Waals surface area contributed by atoms with Crippen LogP contribution in [0.3, 0.4) is 0 Å². The summed E-state index contributed by atoms with van der Waals surface area (Å²) in [5.74, 6) is -0.324. The molecule has 2 amide bonds. The van der Waals surface area contributed by atoms with Crippen molar-refractivity contribution in [3.8, 4) is 0 Å².